The number of urea groups is 1. The highest BCUT2D eigenvalue weighted by molar-refractivity contribution is 5.81. The lowest BCUT2D eigenvalue weighted by atomic mass is 9.90. The fourth-order valence-electron chi connectivity index (χ4n) is 4.19. The van der Waals surface area contributed by atoms with E-state index in [9.17, 15) is 9.90 Å². The van der Waals surface area contributed by atoms with E-state index >= 15 is 0 Å². The van der Waals surface area contributed by atoms with Crippen molar-refractivity contribution >= 4 is 12.0 Å². The quantitative estimate of drug-likeness (QED) is 0.591. The van der Waals surface area contributed by atoms with Gasteiger partial charge in [0.25, 0.3) is 0 Å². The minimum Gasteiger partial charge on any atom is -0.371 e. The van der Waals surface area contributed by atoms with Crippen LogP contribution in [-0.4, -0.2) is 45.7 Å². The molecule has 2 atom stereocenters. The summed E-state index contributed by atoms with van der Waals surface area (Å²) in [6, 6.07) is 17.7. The van der Waals surface area contributed by atoms with E-state index < -0.39 is 11.8 Å². The average Bonchev–Trinajstić information content (AvgIpc) is 2.95. The van der Waals surface area contributed by atoms with E-state index in [-0.39, 0.29) is 6.03 Å². The van der Waals surface area contributed by atoms with E-state index in [4.69, 9.17) is 5.73 Å². The van der Waals surface area contributed by atoms with Gasteiger partial charge in [0.2, 0.25) is 0 Å². The molecule has 1 heterocycles. The lowest BCUT2D eigenvalue weighted by molar-refractivity contribution is 0.000219. The second-order valence-corrected chi connectivity index (χ2v) is 9.24. The molecule has 1 aliphatic rings. The van der Waals surface area contributed by atoms with Gasteiger partial charge in [0.1, 0.15) is 5.54 Å². The Labute approximate surface area is 190 Å². The first-order chi connectivity index (χ1) is 15.2. The zero-order chi connectivity index (χ0) is 23.3. The lowest BCUT2D eigenvalue weighted by Gasteiger charge is -2.32. The molecule has 7 nitrogen and oxygen atoms in total. The predicted molar refractivity (Wildman–Crippen MR) is 128 cm³/mol. The summed E-state index contributed by atoms with van der Waals surface area (Å²) in [5.41, 5.74) is 8.65. The van der Waals surface area contributed by atoms with Crippen LogP contribution < -0.4 is 11.1 Å². The van der Waals surface area contributed by atoms with E-state index in [0.717, 1.165) is 23.1 Å². The summed E-state index contributed by atoms with van der Waals surface area (Å²) in [5, 5.41) is 13.8. The fraction of sp³-hybridized carbons (Fsp3) is 0.440. The number of hydrogen-bond donors (Lipinski definition) is 3. The first kappa shape index (κ1) is 23.6. The van der Waals surface area contributed by atoms with Gasteiger partial charge in [-0.25, -0.2) is 9.79 Å². The van der Waals surface area contributed by atoms with Crippen molar-refractivity contribution in [3.05, 3.63) is 71.3 Å². The van der Waals surface area contributed by atoms with Crippen molar-refractivity contribution in [2.45, 2.75) is 58.6 Å². The molecule has 2 unspecified atom stereocenters. The van der Waals surface area contributed by atoms with E-state index in [1.807, 2.05) is 61.5 Å². The number of guanidine groups is 1. The highest BCUT2D eigenvalue weighted by atomic mass is 16.3. The largest absolute Gasteiger partial charge is 0.371 e. The Balaban J connectivity index is 1.52. The maximum atomic E-state index is 12.4. The van der Waals surface area contributed by atoms with Crippen LogP contribution in [0.25, 0.3) is 0 Å². The summed E-state index contributed by atoms with van der Waals surface area (Å²) in [5.74, 6) is 0.783. The number of nitrogens with one attached hydrogen (secondary N) is 1. The first-order valence-electron chi connectivity index (χ1n) is 11.1. The highest BCUT2D eigenvalue weighted by Gasteiger charge is 2.43. The molecule has 2 aromatic rings. The molecule has 172 valence electrons. The molecule has 1 aliphatic heterocycles. The molecule has 7 heteroatoms. The third-order valence-corrected chi connectivity index (χ3v) is 5.77. The van der Waals surface area contributed by atoms with Gasteiger partial charge < -0.3 is 26.0 Å². The number of aliphatic hydroxyl groups is 1. The van der Waals surface area contributed by atoms with Gasteiger partial charge in [0, 0.05) is 26.7 Å². The van der Waals surface area contributed by atoms with Crippen LogP contribution in [0.2, 0.25) is 0 Å². The van der Waals surface area contributed by atoms with Gasteiger partial charge in [-0.05, 0) is 36.0 Å². The minimum absolute atomic E-state index is 0.119. The molecule has 3 rings (SSSR count). The van der Waals surface area contributed by atoms with E-state index in [0.29, 0.717) is 31.5 Å². The van der Waals surface area contributed by atoms with Crippen molar-refractivity contribution in [2.24, 2.45) is 16.6 Å². The number of carbonyl (C=O) groups is 1. The summed E-state index contributed by atoms with van der Waals surface area (Å²) in [6.45, 7) is 7.66. The van der Waals surface area contributed by atoms with E-state index in [1.54, 1.807) is 16.8 Å². The zero-order valence-corrected chi connectivity index (χ0v) is 19.5. The number of nitrogens with zero attached hydrogens (tertiary/aromatic N) is 3. The summed E-state index contributed by atoms with van der Waals surface area (Å²) < 4.78 is 0. The molecule has 2 aromatic carbocycles. The van der Waals surface area contributed by atoms with Gasteiger partial charge in [-0.3, -0.25) is 0 Å². The number of amides is 2. The number of hydrogen-bond acceptors (Lipinski definition) is 5. The number of carbonyl (C=O) groups excluding carboxylic acids is 1. The second kappa shape index (κ2) is 10.0. The summed E-state index contributed by atoms with van der Waals surface area (Å²) >= 11 is 0. The van der Waals surface area contributed by atoms with Crippen LogP contribution in [0, 0.1) is 5.92 Å². The van der Waals surface area contributed by atoms with Crippen LogP contribution in [0.5, 0.6) is 0 Å². The molecule has 32 heavy (non-hydrogen) atoms. The van der Waals surface area contributed by atoms with Crippen LogP contribution in [-0.2, 0) is 19.6 Å². The van der Waals surface area contributed by atoms with Crippen molar-refractivity contribution in [3.8, 4) is 0 Å². The highest BCUT2D eigenvalue weighted by Crippen LogP contribution is 2.32. The van der Waals surface area contributed by atoms with Crippen molar-refractivity contribution in [3.63, 3.8) is 0 Å². The second-order valence-electron chi connectivity index (χ2n) is 9.24. The molecule has 0 saturated heterocycles. The zero-order valence-electron chi connectivity index (χ0n) is 19.5. The van der Waals surface area contributed by atoms with E-state index in [2.05, 4.69) is 24.2 Å². The number of rotatable bonds is 8. The maximum Gasteiger partial charge on any atom is 0.317 e. The third-order valence-electron chi connectivity index (χ3n) is 5.77. The normalized spacial score (nSPS) is 20.4. The Bertz CT molecular complexity index is 929. The molecule has 0 aromatic heterocycles. The number of nitrogens with two attached hydrogens (primary N) is 1. The average molecular weight is 438 g/mol. The van der Waals surface area contributed by atoms with Crippen LogP contribution >= 0.6 is 0 Å². The smallest absolute Gasteiger partial charge is 0.317 e. The molecular weight excluding hydrogens is 402 g/mol. The fourth-order valence-corrected chi connectivity index (χ4v) is 4.19. The maximum absolute atomic E-state index is 12.4. The van der Waals surface area contributed by atoms with Gasteiger partial charge in [-0.15, -0.1) is 0 Å². The Hall–Kier alpha value is -3.06. The number of benzene rings is 2. The monoisotopic (exact) mass is 437 g/mol. The van der Waals surface area contributed by atoms with Crippen LogP contribution in [0.1, 0.15) is 43.9 Å². The Morgan fingerprint density at radius 3 is 2.41 bits per heavy atom. The summed E-state index contributed by atoms with van der Waals surface area (Å²) in [6.07, 6.45) is 0.0203. The molecule has 2 amide bonds. The van der Waals surface area contributed by atoms with Crippen molar-refractivity contribution < 1.29 is 9.90 Å². The SMILES string of the molecule is CC(C)CC1(C)N=C(N)N(Cc2ccc(CNC(=O)N(C)Cc3ccccc3)cc2)C1O. The van der Waals surface area contributed by atoms with Gasteiger partial charge in [0.15, 0.2) is 12.2 Å². The lowest BCUT2D eigenvalue weighted by Crippen LogP contribution is -2.47. The van der Waals surface area contributed by atoms with Crippen LogP contribution in [0.4, 0.5) is 4.79 Å². The molecule has 0 aliphatic carbocycles. The van der Waals surface area contributed by atoms with Gasteiger partial charge in [-0.1, -0.05) is 68.4 Å². The predicted octanol–water partition coefficient (Wildman–Crippen LogP) is 3.28. The molecule has 0 radical (unpaired) electrons. The van der Waals surface area contributed by atoms with Crippen LogP contribution in [0.15, 0.2) is 59.6 Å². The van der Waals surface area contributed by atoms with Crippen molar-refractivity contribution in [2.75, 3.05) is 7.05 Å². The molecular formula is C25H35N5O2. The minimum atomic E-state index is -0.746. The molecule has 0 fully saturated rings. The topological polar surface area (TPSA) is 94.2 Å². The molecule has 4 N–H and O–H groups in total. The Morgan fingerprint density at radius 1 is 1.16 bits per heavy atom. The van der Waals surface area contributed by atoms with Crippen molar-refractivity contribution in [1.82, 2.24) is 15.1 Å². The van der Waals surface area contributed by atoms with Crippen LogP contribution in [0.3, 0.4) is 0 Å². The van der Waals surface area contributed by atoms with Gasteiger partial charge in [0.05, 0.1) is 0 Å². The number of aliphatic imine (C=N–C) groups is 1. The van der Waals surface area contributed by atoms with Gasteiger partial charge >= 0.3 is 6.03 Å². The van der Waals surface area contributed by atoms with Crippen molar-refractivity contribution in [1.29, 1.82) is 0 Å². The standard InChI is InChI=1S/C25H35N5O2/c1-18(2)14-25(3)22(31)30(23(26)28-25)17-21-12-10-19(11-13-21)15-27-24(32)29(4)16-20-8-6-5-7-9-20/h5-13,18,22,31H,14-17H2,1-4H3,(H2,26,28)(H,27,32). The van der Waals surface area contributed by atoms with Gasteiger partial charge in [-0.2, -0.15) is 0 Å². The Morgan fingerprint density at radius 2 is 1.78 bits per heavy atom. The molecule has 0 saturated carbocycles. The third kappa shape index (κ3) is 5.79. The molecule has 0 spiro atoms. The Kier molecular flexibility index (Phi) is 7.40. The summed E-state index contributed by atoms with van der Waals surface area (Å²) in [7, 11) is 1.78. The number of aliphatic hydroxyl groups excluding tert-OH is 1. The first-order valence-corrected chi connectivity index (χ1v) is 11.1. The molecule has 0 bridgehead atoms. The van der Waals surface area contributed by atoms with E-state index in [1.165, 1.54) is 0 Å². The summed E-state index contributed by atoms with van der Waals surface area (Å²) in [4.78, 5) is 20.3.